The van der Waals surface area contributed by atoms with E-state index >= 15 is 0 Å². The highest BCUT2D eigenvalue weighted by atomic mass is 16.5. The zero-order chi connectivity index (χ0) is 17.3. The molecule has 1 atom stereocenters. The lowest BCUT2D eigenvalue weighted by Crippen LogP contribution is -2.27. The molecule has 1 aliphatic heterocycles. The van der Waals surface area contributed by atoms with Crippen LogP contribution in [0.2, 0.25) is 0 Å². The molecule has 0 saturated heterocycles. The lowest BCUT2D eigenvalue weighted by molar-refractivity contribution is 0.0523. The van der Waals surface area contributed by atoms with Crippen LogP contribution in [-0.4, -0.2) is 36.3 Å². The maximum absolute atomic E-state index is 12.6. The fourth-order valence-corrected chi connectivity index (χ4v) is 2.96. The van der Waals surface area contributed by atoms with Crippen LogP contribution in [0.1, 0.15) is 28.9 Å². The van der Waals surface area contributed by atoms with Gasteiger partial charge >= 0.3 is 5.97 Å². The van der Waals surface area contributed by atoms with Gasteiger partial charge in [0.15, 0.2) is 0 Å². The molecule has 0 fully saturated rings. The Bertz CT molecular complexity index is 831. The van der Waals surface area contributed by atoms with Gasteiger partial charge in [0.1, 0.15) is 11.3 Å². The number of ether oxygens (including phenoxy) is 2. The van der Waals surface area contributed by atoms with E-state index < -0.39 is 5.97 Å². The van der Waals surface area contributed by atoms with Crippen LogP contribution in [0.25, 0.3) is 0 Å². The molecule has 0 bridgehead atoms. The standard InChI is InChI=1S/C17H19N3O4/c1-4-24-16(22)12-9-18-17-19(2)13(10-20(17)15(12)21)11-7-5-6-8-14(11)23-3/h5-9,13H,4,10H2,1-3H3. The van der Waals surface area contributed by atoms with Gasteiger partial charge in [-0.25, -0.2) is 9.78 Å². The van der Waals surface area contributed by atoms with Crippen molar-refractivity contribution in [3.05, 3.63) is 51.9 Å². The van der Waals surface area contributed by atoms with Crippen LogP contribution in [-0.2, 0) is 11.3 Å². The molecular weight excluding hydrogens is 310 g/mol. The third kappa shape index (κ3) is 2.51. The third-order valence-electron chi connectivity index (χ3n) is 4.16. The highest BCUT2D eigenvalue weighted by molar-refractivity contribution is 5.88. The molecule has 0 aliphatic carbocycles. The van der Waals surface area contributed by atoms with Crippen molar-refractivity contribution in [3.63, 3.8) is 0 Å². The van der Waals surface area contributed by atoms with Crippen molar-refractivity contribution in [1.82, 2.24) is 9.55 Å². The highest BCUT2D eigenvalue weighted by Crippen LogP contribution is 2.36. The van der Waals surface area contributed by atoms with Crippen molar-refractivity contribution in [2.75, 3.05) is 25.7 Å². The summed E-state index contributed by atoms with van der Waals surface area (Å²) in [6.45, 7) is 2.30. The maximum Gasteiger partial charge on any atom is 0.345 e. The number of likely N-dealkylation sites (N-methyl/N-ethyl adjacent to an activating group) is 1. The Morgan fingerprint density at radius 3 is 2.83 bits per heavy atom. The van der Waals surface area contributed by atoms with Crippen LogP contribution in [0.5, 0.6) is 5.75 Å². The number of anilines is 1. The SMILES string of the molecule is CCOC(=O)c1cnc2n(c1=O)CC(c1ccccc1OC)N2C. The molecule has 0 amide bonds. The van der Waals surface area contributed by atoms with E-state index in [1.165, 1.54) is 10.8 Å². The Morgan fingerprint density at radius 2 is 2.12 bits per heavy atom. The zero-order valence-corrected chi connectivity index (χ0v) is 13.9. The number of fused-ring (bicyclic) bond motifs is 1. The lowest BCUT2D eigenvalue weighted by Gasteiger charge is -2.22. The molecule has 1 aliphatic rings. The topological polar surface area (TPSA) is 73.7 Å². The van der Waals surface area contributed by atoms with E-state index in [1.54, 1.807) is 14.0 Å². The number of aromatic nitrogens is 2. The molecule has 1 unspecified atom stereocenters. The Labute approximate surface area is 139 Å². The maximum atomic E-state index is 12.6. The third-order valence-corrected chi connectivity index (χ3v) is 4.16. The van der Waals surface area contributed by atoms with Crippen LogP contribution in [0.4, 0.5) is 5.95 Å². The number of methoxy groups -OCH3 is 1. The number of hydrogen-bond donors (Lipinski definition) is 0. The molecule has 24 heavy (non-hydrogen) atoms. The summed E-state index contributed by atoms with van der Waals surface area (Å²) >= 11 is 0. The van der Waals surface area contributed by atoms with Gasteiger partial charge in [0.25, 0.3) is 5.56 Å². The van der Waals surface area contributed by atoms with E-state index in [-0.39, 0.29) is 23.8 Å². The second kappa shape index (κ2) is 6.35. The first-order valence-electron chi connectivity index (χ1n) is 7.71. The fourth-order valence-electron chi connectivity index (χ4n) is 2.96. The number of carbonyl (C=O) groups is 1. The monoisotopic (exact) mass is 329 g/mol. The summed E-state index contributed by atoms with van der Waals surface area (Å²) < 4.78 is 11.8. The summed E-state index contributed by atoms with van der Waals surface area (Å²) in [6, 6.07) is 7.57. The van der Waals surface area contributed by atoms with E-state index in [4.69, 9.17) is 9.47 Å². The molecule has 0 N–H and O–H groups in total. The number of para-hydroxylation sites is 1. The molecular formula is C17H19N3O4. The van der Waals surface area contributed by atoms with Crippen LogP contribution in [0.15, 0.2) is 35.3 Å². The van der Waals surface area contributed by atoms with Gasteiger partial charge < -0.3 is 14.4 Å². The molecule has 2 aromatic rings. The highest BCUT2D eigenvalue weighted by Gasteiger charge is 2.33. The summed E-state index contributed by atoms with van der Waals surface area (Å²) in [4.78, 5) is 30.7. The van der Waals surface area contributed by atoms with Crippen molar-refractivity contribution in [2.45, 2.75) is 19.5 Å². The number of carbonyl (C=O) groups excluding carboxylic acids is 1. The van der Waals surface area contributed by atoms with Gasteiger partial charge in [-0.05, 0) is 13.0 Å². The van der Waals surface area contributed by atoms with Gasteiger partial charge in [0.2, 0.25) is 5.95 Å². The van der Waals surface area contributed by atoms with Crippen molar-refractivity contribution >= 4 is 11.9 Å². The average Bonchev–Trinajstić information content (AvgIpc) is 2.93. The largest absolute Gasteiger partial charge is 0.496 e. The Hall–Kier alpha value is -2.83. The van der Waals surface area contributed by atoms with Crippen LogP contribution >= 0.6 is 0 Å². The first-order valence-corrected chi connectivity index (χ1v) is 7.71. The van der Waals surface area contributed by atoms with Crippen LogP contribution in [0, 0.1) is 0 Å². The molecule has 126 valence electrons. The van der Waals surface area contributed by atoms with Crippen molar-refractivity contribution < 1.29 is 14.3 Å². The van der Waals surface area contributed by atoms with E-state index in [9.17, 15) is 9.59 Å². The molecule has 0 saturated carbocycles. The molecule has 2 heterocycles. The van der Waals surface area contributed by atoms with Crippen molar-refractivity contribution in [3.8, 4) is 5.75 Å². The van der Waals surface area contributed by atoms with Gasteiger partial charge in [0, 0.05) is 12.6 Å². The first kappa shape index (κ1) is 16.0. The molecule has 0 radical (unpaired) electrons. The quantitative estimate of drug-likeness (QED) is 0.794. The van der Waals surface area contributed by atoms with Gasteiger partial charge in [-0.3, -0.25) is 9.36 Å². The minimum absolute atomic E-state index is 0.0466. The normalized spacial score (nSPS) is 16.0. The van der Waals surface area contributed by atoms with Gasteiger partial charge in [-0.2, -0.15) is 0 Å². The predicted molar refractivity (Wildman–Crippen MR) is 88.6 cm³/mol. The number of benzene rings is 1. The zero-order valence-electron chi connectivity index (χ0n) is 13.9. The number of nitrogens with zero attached hydrogens (tertiary/aromatic N) is 3. The van der Waals surface area contributed by atoms with Crippen LogP contribution < -0.4 is 15.2 Å². The van der Waals surface area contributed by atoms with E-state index in [2.05, 4.69) is 4.98 Å². The fraction of sp³-hybridized carbons (Fsp3) is 0.353. The van der Waals surface area contributed by atoms with Crippen molar-refractivity contribution in [2.24, 2.45) is 0 Å². The second-order valence-corrected chi connectivity index (χ2v) is 5.48. The predicted octanol–water partition coefficient (Wildman–Crippen LogP) is 1.62. The smallest absolute Gasteiger partial charge is 0.345 e. The number of hydrogen-bond acceptors (Lipinski definition) is 6. The summed E-state index contributed by atoms with van der Waals surface area (Å²) in [5.74, 6) is 0.624. The first-order chi connectivity index (χ1) is 11.6. The van der Waals surface area contributed by atoms with Gasteiger partial charge in [0.05, 0.1) is 32.5 Å². The van der Waals surface area contributed by atoms with E-state index in [0.717, 1.165) is 11.3 Å². The minimum atomic E-state index is -0.645. The summed E-state index contributed by atoms with van der Waals surface area (Å²) in [5.41, 5.74) is 0.530. The Balaban J connectivity index is 2.01. The summed E-state index contributed by atoms with van der Waals surface area (Å²) in [5, 5.41) is 0. The molecule has 7 heteroatoms. The molecule has 1 aromatic carbocycles. The molecule has 0 spiro atoms. The molecule has 1 aromatic heterocycles. The average molecular weight is 329 g/mol. The molecule has 3 rings (SSSR count). The number of rotatable bonds is 4. The van der Waals surface area contributed by atoms with Crippen molar-refractivity contribution in [1.29, 1.82) is 0 Å². The lowest BCUT2D eigenvalue weighted by atomic mass is 10.1. The van der Waals surface area contributed by atoms with Gasteiger partial charge in [-0.15, -0.1) is 0 Å². The summed E-state index contributed by atoms with van der Waals surface area (Å²) in [6.07, 6.45) is 1.28. The molecule has 7 nitrogen and oxygen atoms in total. The second-order valence-electron chi connectivity index (χ2n) is 5.48. The van der Waals surface area contributed by atoms with E-state index in [0.29, 0.717) is 12.5 Å². The Morgan fingerprint density at radius 1 is 1.38 bits per heavy atom. The minimum Gasteiger partial charge on any atom is -0.496 e. The Kier molecular flexibility index (Phi) is 4.24. The van der Waals surface area contributed by atoms with Crippen LogP contribution in [0.3, 0.4) is 0 Å². The van der Waals surface area contributed by atoms with Gasteiger partial charge in [-0.1, -0.05) is 18.2 Å². The summed E-state index contributed by atoms with van der Waals surface area (Å²) in [7, 11) is 3.48. The number of esters is 1. The van der Waals surface area contributed by atoms with E-state index in [1.807, 2.05) is 36.2 Å².